The van der Waals surface area contributed by atoms with Gasteiger partial charge in [0.1, 0.15) is 12.2 Å². The van der Waals surface area contributed by atoms with Crippen LogP contribution >= 0.6 is 11.6 Å². The monoisotopic (exact) mass is 595 g/mol. The van der Waals surface area contributed by atoms with Gasteiger partial charge in [0.25, 0.3) is 0 Å². The number of imidazole rings is 1. The third-order valence-corrected chi connectivity index (χ3v) is 5.93. The summed E-state index contributed by atoms with van der Waals surface area (Å²) < 4.78 is 6.05. The number of aliphatic hydroxyl groups excluding tert-OH is 2. The van der Waals surface area contributed by atoms with Crippen LogP contribution in [-0.4, -0.2) is 78.1 Å². The van der Waals surface area contributed by atoms with Crippen LogP contribution in [-0.2, 0) is 20.9 Å². The van der Waals surface area contributed by atoms with Crippen LogP contribution in [0.25, 0.3) is 23.0 Å². The molecule has 2 aromatic heterocycles. The Balaban J connectivity index is 1.46. The molecular weight excluding hydrogens is 570 g/mol. The van der Waals surface area contributed by atoms with E-state index < -0.39 is 30.6 Å². The van der Waals surface area contributed by atoms with Crippen molar-refractivity contribution in [3.8, 4) is 16.9 Å². The van der Waals surface area contributed by atoms with Gasteiger partial charge in [0.05, 0.1) is 49.9 Å². The average Bonchev–Trinajstić information content (AvgIpc) is 3.68. The van der Waals surface area contributed by atoms with Crippen LogP contribution in [0.2, 0.25) is 5.02 Å². The third kappa shape index (κ3) is 7.97. The molecule has 2 aromatic carbocycles. The fourth-order valence-electron chi connectivity index (χ4n) is 3.72. The number of nitrogens with one attached hydrogen (secondary N) is 4. The summed E-state index contributed by atoms with van der Waals surface area (Å²) in [5.41, 5.74) is 2.79. The zero-order chi connectivity index (χ0) is 30.1. The number of ether oxygens (including phenoxy) is 1. The van der Waals surface area contributed by atoms with Crippen LogP contribution in [0.15, 0.2) is 55.0 Å². The zero-order valence-corrected chi connectivity index (χ0v) is 22.9. The number of amides is 3. The molecule has 0 saturated heterocycles. The van der Waals surface area contributed by atoms with Crippen LogP contribution in [0.5, 0.6) is 0 Å². The predicted octanol–water partition coefficient (Wildman–Crippen LogP) is 1.90. The molecule has 0 bridgehead atoms. The summed E-state index contributed by atoms with van der Waals surface area (Å²) in [7, 11) is 1.22. The van der Waals surface area contributed by atoms with Crippen molar-refractivity contribution >= 4 is 47.0 Å². The lowest BCUT2D eigenvalue weighted by Crippen LogP contribution is -2.22. The van der Waals surface area contributed by atoms with E-state index in [1.165, 1.54) is 30.3 Å². The second-order valence-corrected chi connectivity index (χ2v) is 9.14. The SMILES string of the molecule is COC(=O)Nc1ccc(-c2c[nH]c(CNC(=O)/C=C/c3cc(Cl)ccc3-n3cnnn3)n2)c(NC(=O)CC(O)CO)c1. The van der Waals surface area contributed by atoms with Crippen molar-refractivity contribution in [2.24, 2.45) is 0 Å². The molecule has 3 amide bonds. The van der Waals surface area contributed by atoms with Crippen molar-refractivity contribution in [3.63, 3.8) is 0 Å². The van der Waals surface area contributed by atoms with Crippen molar-refractivity contribution < 1.29 is 29.3 Å². The molecule has 4 rings (SSSR count). The summed E-state index contributed by atoms with van der Waals surface area (Å²) in [4.78, 5) is 44.1. The van der Waals surface area contributed by atoms with Gasteiger partial charge in [0.15, 0.2) is 0 Å². The van der Waals surface area contributed by atoms with Gasteiger partial charge in [-0.3, -0.25) is 14.9 Å². The molecule has 1 unspecified atom stereocenters. The molecule has 42 heavy (non-hydrogen) atoms. The molecule has 0 saturated carbocycles. The van der Waals surface area contributed by atoms with Crippen molar-refractivity contribution in [1.82, 2.24) is 35.5 Å². The first-order valence-electron chi connectivity index (χ1n) is 12.4. The predicted molar refractivity (Wildman–Crippen MR) is 151 cm³/mol. The zero-order valence-electron chi connectivity index (χ0n) is 22.1. The minimum Gasteiger partial charge on any atom is -0.453 e. The van der Waals surface area contributed by atoms with E-state index in [1.807, 2.05) is 0 Å². The van der Waals surface area contributed by atoms with Crippen molar-refractivity contribution in [3.05, 3.63) is 71.4 Å². The summed E-state index contributed by atoms with van der Waals surface area (Å²) in [5, 5.41) is 38.2. The van der Waals surface area contributed by atoms with Gasteiger partial charge in [-0.15, -0.1) is 5.10 Å². The molecule has 0 radical (unpaired) electrons. The molecule has 218 valence electrons. The highest BCUT2D eigenvalue weighted by molar-refractivity contribution is 6.30. The Morgan fingerprint density at radius 1 is 1.19 bits per heavy atom. The molecule has 6 N–H and O–H groups in total. The first kappa shape index (κ1) is 29.9. The summed E-state index contributed by atoms with van der Waals surface area (Å²) in [5.74, 6) is -0.538. The lowest BCUT2D eigenvalue weighted by Gasteiger charge is -2.13. The van der Waals surface area contributed by atoms with E-state index in [0.29, 0.717) is 39.0 Å². The van der Waals surface area contributed by atoms with Crippen molar-refractivity contribution in [2.45, 2.75) is 19.1 Å². The van der Waals surface area contributed by atoms with Crippen LogP contribution in [0.4, 0.5) is 16.2 Å². The second kappa shape index (κ2) is 14.0. The molecule has 16 heteroatoms. The van der Waals surface area contributed by atoms with Gasteiger partial charge in [-0.05, 0) is 52.9 Å². The van der Waals surface area contributed by atoms with Crippen LogP contribution < -0.4 is 16.0 Å². The van der Waals surface area contributed by atoms with E-state index in [2.05, 4.69) is 46.2 Å². The van der Waals surface area contributed by atoms with Gasteiger partial charge in [-0.2, -0.15) is 4.68 Å². The average molecular weight is 596 g/mol. The van der Waals surface area contributed by atoms with Gasteiger partial charge < -0.3 is 30.6 Å². The highest BCUT2D eigenvalue weighted by atomic mass is 35.5. The minimum atomic E-state index is -1.23. The number of H-pyrrole nitrogens is 1. The summed E-state index contributed by atoms with van der Waals surface area (Å²) >= 11 is 6.12. The number of anilines is 2. The first-order valence-corrected chi connectivity index (χ1v) is 12.7. The lowest BCUT2D eigenvalue weighted by molar-refractivity contribution is -0.118. The van der Waals surface area contributed by atoms with Gasteiger partial charge in [-0.1, -0.05) is 11.6 Å². The molecule has 0 aliphatic heterocycles. The maximum absolute atomic E-state index is 12.5. The topological polar surface area (TPSA) is 209 Å². The fraction of sp³-hybridized carbons (Fsp3) is 0.192. The van der Waals surface area contributed by atoms with E-state index in [0.717, 1.165) is 0 Å². The number of halogens is 1. The molecule has 0 aliphatic carbocycles. The first-order chi connectivity index (χ1) is 20.2. The van der Waals surface area contributed by atoms with E-state index in [9.17, 15) is 19.5 Å². The minimum absolute atomic E-state index is 0.0605. The molecule has 4 aromatic rings. The summed E-state index contributed by atoms with van der Waals surface area (Å²) in [6.07, 6.45) is 3.65. The van der Waals surface area contributed by atoms with Crippen LogP contribution in [0.1, 0.15) is 17.8 Å². The Labute approximate surface area is 243 Å². The van der Waals surface area contributed by atoms with Gasteiger partial charge in [0.2, 0.25) is 11.8 Å². The van der Waals surface area contributed by atoms with Gasteiger partial charge in [0, 0.05) is 34.1 Å². The fourth-order valence-corrected chi connectivity index (χ4v) is 3.90. The maximum atomic E-state index is 12.5. The lowest BCUT2D eigenvalue weighted by atomic mass is 10.1. The number of aliphatic hydroxyl groups is 2. The molecular formula is C26H26ClN9O6. The second-order valence-electron chi connectivity index (χ2n) is 8.71. The number of nitrogens with zero attached hydrogens (tertiary/aromatic N) is 5. The van der Waals surface area contributed by atoms with E-state index in [4.69, 9.17) is 16.7 Å². The highest BCUT2D eigenvalue weighted by Crippen LogP contribution is 2.30. The molecule has 2 heterocycles. The number of carbonyl (C=O) groups excluding carboxylic acids is 3. The number of hydrogen-bond acceptors (Lipinski definition) is 10. The van der Waals surface area contributed by atoms with Crippen molar-refractivity contribution in [1.29, 1.82) is 0 Å². The van der Waals surface area contributed by atoms with Crippen LogP contribution in [0, 0.1) is 0 Å². The maximum Gasteiger partial charge on any atom is 0.411 e. The summed E-state index contributed by atoms with van der Waals surface area (Å²) in [6.45, 7) is -0.516. The quantitative estimate of drug-likeness (QED) is 0.139. The van der Waals surface area contributed by atoms with Gasteiger partial charge >= 0.3 is 6.09 Å². The Hall–Kier alpha value is -5.12. The molecule has 0 aliphatic rings. The number of aromatic nitrogens is 6. The Morgan fingerprint density at radius 3 is 2.76 bits per heavy atom. The van der Waals surface area contributed by atoms with E-state index in [-0.39, 0.29) is 18.7 Å². The molecule has 0 spiro atoms. The number of carbonyl (C=O) groups is 3. The highest BCUT2D eigenvalue weighted by Gasteiger charge is 2.16. The largest absolute Gasteiger partial charge is 0.453 e. The number of aromatic amines is 1. The third-order valence-electron chi connectivity index (χ3n) is 5.69. The normalized spacial score (nSPS) is 11.7. The Kier molecular flexibility index (Phi) is 9.94. The number of methoxy groups -OCH3 is 1. The number of hydrogen-bond donors (Lipinski definition) is 6. The molecule has 1 atom stereocenters. The van der Waals surface area contributed by atoms with Crippen LogP contribution in [0.3, 0.4) is 0 Å². The van der Waals surface area contributed by atoms with E-state index in [1.54, 1.807) is 42.6 Å². The summed E-state index contributed by atoms with van der Waals surface area (Å²) in [6, 6.07) is 9.79. The number of rotatable bonds is 11. The van der Waals surface area contributed by atoms with Gasteiger partial charge in [-0.25, -0.2) is 9.78 Å². The van der Waals surface area contributed by atoms with Crippen molar-refractivity contribution in [2.75, 3.05) is 24.4 Å². The van der Waals surface area contributed by atoms with E-state index >= 15 is 0 Å². The number of benzene rings is 2. The Morgan fingerprint density at radius 2 is 2.02 bits per heavy atom. The molecule has 15 nitrogen and oxygen atoms in total. The number of tetrazole rings is 1. The molecule has 0 fully saturated rings. The Bertz CT molecular complexity index is 1590. The standard InChI is InChI=1S/C26H26ClN9O6/c1-42-26(41)31-17-4-5-19(20(9-17)33-25(40)10-18(38)13-37)21-11-28-23(32-21)12-29-24(39)7-2-15-8-16(27)3-6-22(15)36-14-30-34-35-36/h2-9,11,14,18,37-38H,10,12-13H2,1H3,(H,28,32)(H,29,39)(H,31,41)(H,33,40)/b7-2+. The smallest absolute Gasteiger partial charge is 0.411 e.